The van der Waals surface area contributed by atoms with Gasteiger partial charge in [0, 0.05) is 63.7 Å². The molecule has 4 fully saturated rings. The van der Waals surface area contributed by atoms with Crippen molar-refractivity contribution in [2.75, 3.05) is 52.5 Å². The van der Waals surface area contributed by atoms with E-state index in [1.807, 2.05) is 114 Å². The van der Waals surface area contributed by atoms with E-state index >= 15 is 0 Å². The van der Waals surface area contributed by atoms with Gasteiger partial charge in [-0.1, -0.05) is 111 Å². The molecule has 10 rings (SSSR count). The summed E-state index contributed by atoms with van der Waals surface area (Å²) in [6.45, 7) is 21.8. The fraction of sp³-hybridized carbons (Fsp3) is 0.452. The molecule has 4 aliphatic heterocycles. The summed E-state index contributed by atoms with van der Waals surface area (Å²) in [5.41, 5.74) is 23.5. The van der Waals surface area contributed by atoms with Crippen LogP contribution < -0.4 is 22.5 Å². The van der Waals surface area contributed by atoms with Crippen molar-refractivity contribution >= 4 is 76.1 Å². The van der Waals surface area contributed by atoms with Gasteiger partial charge in [0.2, 0.25) is 5.91 Å². The third kappa shape index (κ3) is 18.8. The number of benzene rings is 3. The Morgan fingerprint density at radius 2 is 0.963 bits per heavy atom. The maximum atomic E-state index is 12.4. The number of primary amides is 3. The SMILES string of the molecule is C.C.C1CCOC1.C=CC(=O)N1CCCC(c2nc(C(N)=O)c(-c3ccc(C)cc3)s2)C1.Cc1ccc(-c2sc(C3CCCN(C(=O)OC(C)(C)C)C3)nc2C(N)=O)cc1.Cc1ccc(-c2sc(C3CCCNC3)nc2C(N)=O)cc1.Cl. The van der Waals surface area contributed by atoms with Crippen molar-refractivity contribution in [3.63, 3.8) is 0 Å². The molecule has 0 bridgehead atoms. The second kappa shape index (κ2) is 31.9. The number of likely N-dealkylation sites (tertiary alicyclic amines) is 2. The lowest BCUT2D eigenvalue weighted by Gasteiger charge is -2.33. The van der Waals surface area contributed by atoms with Crippen molar-refractivity contribution in [2.24, 2.45) is 17.2 Å². The average molecular weight is 1200 g/mol. The number of hydrogen-bond acceptors (Lipinski definition) is 14. The number of nitrogens with two attached hydrogens (primary N) is 3. The van der Waals surface area contributed by atoms with Crippen LogP contribution >= 0.6 is 46.4 Å². The number of aryl methyl sites for hydroxylation is 3. The molecule has 4 saturated heterocycles. The Morgan fingerprint density at radius 1 is 0.598 bits per heavy atom. The largest absolute Gasteiger partial charge is 0.444 e. The number of nitrogens with zero attached hydrogens (tertiary/aromatic N) is 5. The zero-order valence-electron chi connectivity index (χ0n) is 46.7. The van der Waals surface area contributed by atoms with Gasteiger partial charge in [0.1, 0.15) is 22.7 Å². The minimum Gasteiger partial charge on any atom is -0.444 e. The number of amides is 5. The van der Waals surface area contributed by atoms with Crippen LogP contribution in [0.15, 0.2) is 85.5 Å². The Hall–Kier alpha value is -6.35. The average Bonchev–Trinajstić information content (AvgIpc) is 4.51. The first-order chi connectivity index (χ1) is 37.8. The number of halogens is 1. The molecule has 0 aliphatic carbocycles. The van der Waals surface area contributed by atoms with E-state index in [0.717, 1.165) is 129 Å². The highest BCUT2D eigenvalue weighted by molar-refractivity contribution is 7.16. The molecule has 0 radical (unpaired) electrons. The van der Waals surface area contributed by atoms with E-state index in [1.165, 1.54) is 47.2 Å². The summed E-state index contributed by atoms with van der Waals surface area (Å²) in [7, 11) is 0. The number of aromatic nitrogens is 3. The van der Waals surface area contributed by atoms with Crippen LogP contribution in [0.2, 0.25) is 0 Å². The van der Waals surface area contributed by atoms with Crippen LogP contribution in [-0.4, -0.2) is 113 Å². The second-order valence-electron chi connectivity index (χ2n) is 21.3. The predicted octanol–water partition coefficient (Wildman–Crippen LogP) is 12.6. The Bertz CT molecular complexity index is 3040. The first-order valence-corrected chi connectivity index (χ1v) is 29.5. The van der Waals surface area contributed by atoms with E-state index in [1.54, 1.807) is 21.1 Å². The maximum absolute atomic E-state index is 12.4. The van der Waals surface area contributed by atoms with Crippen LogP contribution in [0, 0.1) is 20.8 Å². The zero-order valence-corrected chi connectivity index (χ0v) is 50.0. The summed E-state index contributed by atoms with van der Waals surface area (Å²) in [5.74, 6) is -0.970. The van der Waals surface area contributed by atoms with Gasteiger partial charge in [0.25, 0.3) is 17.7 Å². The predicted molar refractivity (Wildman–Crippen MR) is 337 cm³/mol. The Labute approximate surface area is 503 Å². The maximum Gasteiger partial charge on any atom is 0.410 e. The molecule has 3 aromatic heterocycles. The van der Waals surface area contributed by atoms with E-state index < -0.39 is 23.3 Å². The van der Waals surface area contributed by atoms with Gasteiger partial charge in [0.15, 0.2) is 0 Å². The molecule has 82 heavy (non-hydrogen) atoms. The molecule has 3 atom stereocenters. The smallest absolute Gasteiger partial charge is 0.410 e. The van der Waals surface area contributed by atoms with Gasteiger partial charge in [-0.2, -0.15) is 0 Å². The van der Waals surface area contributed by atoms with Gasteiger partial charge in [-0.25, -0.2) is 19.7 Å². The molecule has 16 nitrogen and oxygen atoms in total. The number of nitrogens with one attached hydrogen (secondary N) is 1. The normalized spacial score (nSPS) is 17.5. The van der Waals surface area contributed by atoms with Gasteiger partial charge < -0.3 is 41.8 Å². The molecular weight excluding hydrogens is 1110 g/mol. The molecule has 0 spiro atoms. The Kier molecular flexibility index (Phi) is 26.5. The quantitative estimate of drug-likeness (QED) is 0.0941. The van der Waals surface area contributed by atoms with Crippen molar-refractivity contribution < 1.29 is 33.4 Å². The number of carbonyl (C=O) groups is 5. The standard InChI is InChI=1S/C21H27N3O3S.C19H21N3O2S.C16H19N3OS.C4H8O.2CH4.ClH/c1-13-7-9-14(10-8-13)17-16(18(22)25)23-19(28-17)15-6-5-11-24(12-15)20(26)27-21(2,3)4;1-3-15(23)22-10-4-5-14(11-22)19-21-16(18(20)24)17(25-19)13-8-6-12(2)7-9-13;1-10-4-6-11(7-5-10)14-13(15(17)20)19-16(21-14)12-3-2-8-18-9-12;1-2-4-5-3-1;;;/h7-10,15H,5-6,11-12H2,1-4H3,(H2,22,25);3,6-9,14H,1,4-5,10-11H2,2H3,(H2,20,24);4-7,12,18H,2-3,8-9H2,1H3,(H2,17,20);1-4H2;2*1H4;1H. The van der Waals surface area contributed by atoms with Crippen molar-refractivity contribution in [1.82, 2.24) is 30.1 Å². The molecule has 3 aromatic carbocycles. The fourth-order valence-electron chi connectivity index (χ4n) is 9.49. The van der Waals surface area contributed by atoms with Crippen LogP contribution in [0.25, 0.3) is 31.3 Å². The van der Waals surface area contributed by atoms with E-state index in [0.29, 0.717) is 42.6 Å². The van der Waals surface area contributed by atoms with Gasteiger partial charge in [-0.05, 0) is 122 Å². The molecular formula is C62H84ClN9O7S3. The zero-order chi connectivity index (χ0) is 56.8. The van der Waals surface area contributed by atoms with Crippen molar-refractivity contribution in [3.05, 3.63) is 134 Å². The van der Waals surface area contributed by atoms with Crippen LogP contribution in [0.5, 0.6) is 0 Å². The lowest BCUT2D eigenvalue weighted by molar-refractivity contribution is -0.127. The summed E-state index contributed by atoms with van der Waals surface area (Å²) >= 11 is 4.59. The van der Waals surface area contributed by atoms with Gasteiger partial charge >= 0.3 is 6.09 Å². The van der Waals surface area contributed by atoms with Crippen molar-refractivity contribution in [2.45, 2.75) is 131 Å². The Morgan fingerprint density at radius 3 is 1.29 bits per heavy atom. The molecule has 7 N–H and O–H groups in total. The van der Waals surface area contributed by atoms with Crippen molar-refractivity contribution in [3.8, 4) is 31.3 Å². The van der Waals surface area contributed by atoms with Gasteiger partial charge in [-0.15, -0.1) is 46.4 Å². The first-order valence-electron chi connectivity index (χ1n) is 27.1. The van der Waals surface area contributed by atoms with E-state index in [9.17, 15) is 24.0 Å². The van der Waals surface area contributed by atoms with Gasteiger partial charge in [-0.3, -0.25) is 19.2 Å². The lowest BCUT2D eigenvalue weighted by Crippen LogP contribution is -2.42. The number of rotatable bonds is 10. The van der Waals surface area contributed by atoms with Crippen LogP contribution in [-0.2, 0) is 14.3 Å². The summed E-state index contributed by atoms with van der Waals surface area (Å²) in [6, 6.07) is 24.1. The minimum atomic E-state index is -0.530. The third-order valence-corrected chi connectivity index (χ3v) is 17.5. The monoisotopic (exact) mass is 1200 g/mol. The number of ether oxygens (including phenoxy) is 2. The van der Waals surface area contributed by atoms with Gasteiger partial charge in [0.05, 0.1) is 29.7 Å². The summed E-state index contributed by atoms with van der Waals surface area (Å²) in [6.07, 6.45) is 9.50. The molecule has 5 amide bonds. The molecule has 6 aromatic rings. The summed E-state index contributed by atoms with van der Waals surface area (Å²) in [4.78, 5) is 79.5. The van der Waals surface area contributed by atoms with E-state index in [2.05, 4.69) is 26.8 Å². The number of piperidine rings is 3. The van der Waals surface area contributed by atoms with Crippen LogP contribution in [0.4, 0.5) is 4.79 Å². The molecule has 3 unspecified atom stereocenters. The van der Waals surface area contributed by atoms with E-state index in [4.69, 9.17) is 26.7 Å². The number of thiazole rings is 3. The molecule has 444 valence electrons. The topological polar surface area (TPSA) is 239 Å². The lowest BCUT2D eigenvalue weighted by atomic mass is 9.98. The third-order valence-electron chi connectivity index (χ3n) is 13.7. The fourth-order valence-corrected chi connectivity index (χ4v) is 13.1. The first kappa shape index (κ1) is 68.2. The molecule has 4 aliphatic rings. The van der Waals surface area contributed by atoms with Crippen LogP contribution in [0.1, 0.15) is 168 Å². The highest BCUT2D eigenvalue weighted by Crippen LogP contribution is 2.40. The number of carbonyl (C=O) groups excluding carboxylic acids is 5. The summed E-state index contributed by atoms with van der Waals surface area (Å²) < 4.78 is 10.4. The molecule has 20 heteroatoms. The highest BCUT2D eigenvalue weighted by atomic mass is 35.5. The summed E-state index contributed by atoms with van der Waals surface area (Å²) in [5, 5.41) is 6.12. The van der Waals surface area contributed by atoms with Crippen molar-refractivity contribution in [1.29, 1.82) is 0 Å². The number of hydrogen-bond donors (Lipinski definition) is 4. The van der Waals surface area contributed by atoms with E-state index in [-0.39, 0.29) is 51.1 Å². The minimum absolute atomic E-state index is 0. The Balaban J connectivity index is 0.000000250. The highest BCUT2D eigenvalue weighted by Gasteiger charge is 2.32. The second-order valence-corrected chi connectivity index (χ2v) is 24.4. The van der Waals surface area contributed by atoms with Crippen LogP contribution in [0.3, 0.4) is 0 Å². The molecule has 7 heterocycles. The molecule has 0 saturated carbocycles.